The second-order valence-electron chi connectivity index (χ2n) is 0.931. The van der Waals surface area contributed by atoms with Crippen molar-refractivity contribution in [1.82, 2.24) is 0 Å². The summed E-state index contributed by atoms with van der Waals surface area (Å²) in [4.78, 5) is 0. The van der Waals surface area contributed by atoms with E-state index < -0.39 is 0 Å². The van der Waals surface area contributed by atoms with E-state index in [-0.39, 0.29) is 36.0 Å². The van der Waals surface area contributed by atoms with Crippen LogP contribution in [0.4, 0.5) is 0 Å². The molecule has 0 unspecified atom stereocenters. The fourth-order valence-electron chi connectivity index (χ4n) is 0.112. The Hall–Kier alpha value is 0.719. The van der Waals surface area contributed by atoms with Gasteiger partial charge in [-0.3, -0.25) is 0 Å². The molecule has 3 heteroatoms. The molecule has 0 aromatic heterocycles. The van der Waals surface area contributed by atoms with Crippen molar-refractivity contribution in [3.63, 3.8) is 0 Å². The van der Waals surface area contributed by atoms with Crippen molar-refractivity contribution in [2.24, 2.45) is 0 Å². The van der Waals surface area contributed by atoms with Crippen LogP contribution in [0.5, 0.6) is 0 Å². The van der Waals surface area contributed by atoms with Gasteiger partial charge in [0.2, 0.25) is 0 Å². The van der Waals surface area contributed by atoms with E-state index in [4.69, 9.17) is 5.11 Å². The molecule has 3 radical (unpaired) electrons. The van der Waals surface area contributed by atoms with Crippen LogP contribution in [0.3, 0.4) is 0 Å². The van der Waals surface area contributed by atoms with Gasteiger partial charge in [0.05, 0.1) is 0 Å². The number of hydrogen-bond acceptors (Lipinski definition) is 1. The van der Waals surface area contributed by atoms with E-state index in [9.17, 15) is 0 Å². The number of aliphatic hydroxyl groups is 1. The van der Waals surface area contributed by atoms with Crippen LogP contribution in [-0.4, -0.2) is 41.1 Å². The topological polar surface area (TPSA) is 51.7 Å². The summed E-state index contributed by atoms with van der Waals surface area (Å²) < 4.78 is 0. The van der Waals surface area contributed by atoms with Gasteiger partial charge in [0.25, 0.3) is 0 Å². The molecule has 0 heterocycles. The third-order valence-corrected chi connectivity index (χ3v) is 0.408. The summed E-state index contributed by atoms with van der Waals surface area (Å²) in [5.41, 5.74) is 0. The van der Waals surface area contributed by atoms with E-state index in [2.05, 4.69) is 6.92 Å². The first-order valence-corrected chi connectivity index (χ1v) is 1.82. The summed E-state index contributed by atoms with van der Waals surface area (Å²) in [7, 11) is 0. The normalized spacial score (nSPS) is 6.00. The van der Waals surface area contributed by atoms with Gasteiger partial charge in [0, 0.05) is 6.61 Å². The van der Waals surface area contributed by atoms with Crippen LogP contribution in [-0.2, 0) is 0 Å². The zero-order valence-corrected chi connectivity index (χ0v) is 8.52. The molecule has 7 heavy (non-hydrogen) atoms. The molecule has 0 atom stereocenters. The molecule has 0 bridgehead atoms. The van der Waals surface area contributed by atoms with Gasteiger partial charge in [0.1, 0.15) is 0 Å². The number of aliphatic hydroxyl groups excluding tert-OH is 1. The van der Waals surface area contributed by atoms with Gasteiger partial charge in [-0.15, -0.1) is 0 Å². The Morgan fingerprint density at radius 3 is 1.86 bits per heavy atom. The Kier molecular flexibility index (Phi) is 35.5. The van der Waals surface area contributed by atoms with Crippen molar-refractivity contribution >= 4 is 23.9 Å². The van der Waals surface area contributed by atoms with Crippen molar-refractivity contribution in [1.29, 1.82) is 0 Å². The molecule has 0 aromatic carbocycles. The predicted molar refractivity (Wildman–Crippen MR) is 33.8 cm³/mol. The van der Waals surface area contributed by atoms with Gasteiger partial charge >= 0.3 is 23.9 Å². The number of unbranched alkanes of at least 4 members (excludes halogenated alkanes) is 1. The molecule has 0 fully saturated rings. The third-order valence-electron chi connectivity index (χ3n) is 0.408. The van der Waals surface area contributed by atoms with Gasteiger partial charge in [-0.25, -0.2) is 0 Å². The monoisotopic (exact) mass is 213 g/mol. The Balaban J connectivity index is -0.0000000800. The van der Waals surface area contributed by atoms with Gasteiger partial charge in [-0.1, -0.05) is 13.3 Å². The first-order chi connectivity index (χ1) is 2.41. The molecule has 0 aliphatic carbocycles. The van der Waals surface area contributed by atoms with Crippen LogP contribution < -0.4 is 0 Å². The summed E-state index contributed by atoms with van der Waals surface area (Å²) in [6.07, 6.45) is 1.68. The zero-order valence-electron chi connectivity index (χ0n) is 4.48. The van der Waals surface area contributed by atoms with Crippen LogP contribution in [0.15, 0.2) is 0 Å². The zero-order chi connectivity index (χ0) is 4.12. The first-order valence-electron chi connectivity index (χ1n) is 1.82. The van der Waals surface area contributed by atoms with E-state index >= 15 is 0 Å². The van der Waals surface area contributed by atoms with E-state index in [0.717, 1.165) is 12.8 Å². The molecule has 0 aliphatic heterocycles. The third kappa shape index (κ3) is 20.2. The molecular formula is C4H13O2Sn. The Bertz CT molecular complexity index is 17.2. The molecule has 0 saturated carbocycles. The Morgan fingerprint density at radius 1 is 1.43 bits per heavy atom. The standard InChI is InChI=1S/C4H9O.H2O.Sn.2H/c1-2-3-4-5;;;;/h5H,1-4H2;1H2;;;. The van der Waals surface area contributed by atoms with Crippen LogP contribution >= 0.6 is 0 Å². The van der Waals surface area contributed by atoms with Crippen molar-refractivity contribution in [3.8, 4) is 0 Å². The number of hydrogen-bond donors (Lipinski definition) is 1. The molecular weight excluding hydrogens is 199 g/mol. The van der Waals surface area contributed by atoms with Gasteiger partial charge in [-0.05, 0) is 6.42 Å². The molecule has 0 aromatic rings. The summed E-state index contributed by atoms with van der Waals surface area (Å²) in [6.45, 7) is 3.80. The summed E-state index contributed by atoms with van der Waals surface area (Å²) in [5.74, 6) is 0. The molecule has 3 N–H and O–H groups in total. The number of rotatable bonds is 2. The van der Waals surface area contributed by atoms with Gasteiger partial charge < -0.3 is 10.6 Å². The summed E-state index contributed by atoms with van der Waals surface area (Å²) >= 11 is 0. The SMILES string of the molecule is O.[CH2]CCCO.[SnH2]. The van der Waals surface area contributed by atoms with Gasteiger partial charge in [0.15, 0.2) is 0 Å². The second-order valence-corrected chi connectivity index (χ2v) is 0.931. The van der Waals surface area contributed by atoms with Gasteiger partial charge in [-0.2, -0.15) is 0 Å². The molecule has 0 rings (SSSR count). The summed E-state index contributed by atoms with van der Waals surface area (Å²) in [6, 6.07) is 0. The predicted octanol–water partition coefficient (Wildman–Crippen LogP) is -1.15. The van der Waals surface area contributed by atoms with Crippen LogP contribution in [0.1, 0.15) is 12.8 Å². The fraction of sp³-hybridized carbons (Fsp3) is 0.750. The van der Waals surface area contributed by atoms with Crippen LogP contribution in [0.25, 0.3) is 0 Å². The van der Waals surface area contributed by atoms with E-state index in [1.807, 2.05) is 0 Å². The van der Waals surface area contributed by atoms with E-state index in [0.29, 0.717) is 0 Å². The maximum absolute atomic E-state index is 8.03. The molecule has 0 amide bonds. The molecule has 0 saturated heterocycles. The van der Waals surface area contributed by atoms with E-state index in [1.54, 1.807) is 0 Å². The maximum atomic E-state index is 8.03. The first kappa shape index (κ1) is 15.6. The molecule has 0 spiro atoms. The average Bonchev–Trinajstić information content (AvgIpc) is 1.41. The summed E-state index contributed by atoms with van der Waals surface area (Å²) in [5, 5.41) is 8.03. The molecule has 2 nitrogen and oxygen atoms in total. The van der Waals surface area contributed by atoms with Crippen LogP contribution in [0, 0.1) is 6.92 Å². The Labute approximate surface area is 61.2 Å². The average molecular weight is 212 g/mol. The quantitative estimate of drug-likeness (QED) is 0.577. The van der Waals surface area contributed by atoms with Crippen molar-refractivity contribution in [3.05, 3.63) is 6.92 Å². The molecule has 0 aliphatic rings. The van der Waals surface area contributed by atoms with Crippen LogP contribution in [0.2, 0.25) is 0 Å². The minimum atomic E-state index is 0. The van der Waals surface area contributed by atoms with Crippen molar-refractivity contribution < 1.29 is 10.6 Å². The second kappa shape index (κ2) is 15.9. The minimum absolute atomic E-state index is 0. The Morgan fingerprint density at radius 2 is 1.86 bits per heavy atom. The fourth-order valence-corrected chi connectivity index (χ4v) is 0.112. The van der Waals surface area contributed by atoms with Crippen molar-refractivity contribution in [2.75, 3.05) is 6.61 Å². The van der Waals surface area contributed by atoms with E-state index in [1.165, 1.54) is 0 Å². The molecule has 45 valence electrons. The van der Waals surface area contributed by atoms with Crippen molar-refractivity contribution in [2.45, 2.75) is 12.8 Å².